The molecule has 1 rings (SSSR count). The van der Waals surface area contributed by atoms with Crippen molar-refractivity contribution >= 4 is 21.8 Å². The minimum atomic E-state index is -0.642. The number of ether oxygens (including phenoxy) is 1. The number of hydrogen-bond donors (Lipinski definition) is 2. The molecule has 0 aliphatic heterocycles. The topological polar surface area (TPSA) is 78.3 Å². The molecule has 88 valence electrons. The van der Waals surface area contributed by atoms with Crippen LogP contribution in [0.4, 0.5) is 0 Å². The Morgan fingerprint density at radius 1 is 1.56 bits per heavy atom. The number of carbonyl (C=O) groups excluding carboxylic acids is 1. The summed E-state index contributed by atoms with van der Waals surface area (Å²) in [4.78, 5) is 10.8. The van der Waals surface area contributed by atoms with Gasteiger partial charge in [0.2, 0.25) is 0 Å². The van der Waals surface area contributed by atoms with Crippen LogP contribution in [0.5, 0.6) is 5.75 Å². The van der Waals surface area contributed by atoms with Crippen LogP contribution in [-0.2, 0) is 11.2 Å². The van der Waals surface area contributed by atoms with Crippen LogP contribution in [0, 0.1) is 0 Å². The Kier molecular flexibility index (Phi) is 4.76. The first-order chi connectivity index (χ1) is 7.54. The number of halogens is 1. The van der Waals surface area contributed by atoms with Crippen LogP contribution in [0.25, 0.3) is 0 Å². The second-order valence-electron chi connectivity index (χ2n) is 3.47. The lowest BCUT2D eigenvalue weighted by Crippen LogP contribution is -2.30. The van der Waals surface area contributed by atoms with Crippen molar-refractivity contribution in [3.8, 4) is 5.75 Å². The summed E-state index contributed by atoms with van der Waals surface area (Å²) in [6.45, 7) is 2.22. The molecule has 0 spiro atoms. The lowest BCUT2D eigenvalue weighted by molar-refractivity contribution is -0.124. The molecule has 0 bridgehead atoms. The number of primary amides is 1. The molecule has 1 amide bonds. The van der Waals surface area contributed by atoms with Crippen molar-refractivity contribution in [2.24, 2.45) is 11.5 Å². The van der Waals surface area contributed by atoms with E-state index >= 15 is 0 Å². The summed E-state index contributed by atoms with van der Waals surface area (Å²) in [7, 11) is 0. The Hall–Kier alpha value is -1.07. The van der Waals surface area contributed by atoms with Crippen LogP contribution in [0.1, 0.15) is 12.5 Å². The van der Waals surface area contributed by atoms with Gasteiger partial charge >= 0.3 is 0 Å². The van der Waals surface area contributed by atoms with Gasteiger partial charge in [-0.05, 0) is 53.5 Å². The molecule has 1 unspecified atom stereocenters. The van der Waals surface area contributed by atoms with E-state index in [0.29, 0.717) is 12.3 Å². The molecule has 0 saturated carbocycles. The average molecular weight is 287 g/mol. The maximum atomic E-state index is 10.8. The molecule has 0 aliphatic rings. The zero-order valence-electron chi connectivity index (χ0n) is 9.07. The number of nitrogens with two attached hydrogens (primary N) is 2. The Balaban J connectivity index is 2.78. The van der Waals surface area contributed by atoms with Gasteiger partial charge in [0.25, 0.3) is 5.91 Å². The van der Waals surface area contributed by atoms with Gasteiger partial charge < -0.3 is 16.2 Å². The first kappa shape index (κ1) is 13.0. The smallest absolute Gasteiger partial charge is 0.258 e. The maximum absolute atomic E-state index is 10.8. The lowest BCUT2D eigenvalue weighted by Gasteiger charge is -2.13. The predicted molar refractivity (Wildman–Crippen MR) is 66.2 cm³/mol. The van der Waals surface area contributed by atoms with E-state index in [-0.39, 0.29) is 0 Å². The van der Waals surface area contributed by atoms with E-state index in [4.69, 9.17) is 16.2 Å². The number of amides is 1. The molecule has 4 N–H and O–H groups in total. The van der Waals surface area contributed by atoms with Gasteiger partial charge in [-0.3, -0.25) is 4.79 Å². The number of benzene rings is 1. The average Bonchev–Trinajstić information content (AvgIpc) is 2.22. The minimum Gasteiger partial charge on any atom is -0.480 e. The highest BCUT2D eigenvalue weighted by Gasteiger charge is 2.12. The Bertz CT molecular complexity index is 382. The van der Waals surface area contributed by atoms with Gasteiger partial charge in [0.15, 0.2) is 6.10 Å². The van der Waals surface area contributed by atoms with Crippen LogP contribution in [-0.4, -0.2) is 18.6 Å². The third-order valence-electron chi connectivity index (χ3n) is 2.13. The number of hydrogen-bond acceptors (Lipinski definition) is 3. The lowest BCUT2D eigenvalue weighted by atomic mass is 10.1. The third-order valence-corrected chi connectivity index (χ3v) is 2.75. The van der Waals surface area contributed by atoms with E-state index < -0.39 is 12.0 Å². The van der Waals surface area contributed by atoms with Crippen molar-refractivity contribution in [2.45, 2.75) is 19.4 Å². The fourth-order valence-corrected chi connectivity index (χ4v) is 1.73. The summed E-state index contributed by atoms with van der Waals surface area (Å²) in [6.07, 6.45) is 0.168. The van der Waals surface area contributed by atoms with Crippen LogP contribution >= 0.6 is 15.9 Å². The van der Waals surface area contributed by atoms with Gasteiger partial charge in [-0.1, -0.05) is 6.07 Å². The van der Waals surface area contributed by atoms with Gasteiger partial charge in [-0.25, -0.2) is 0 Å². The van der Waals surface area contributed by atoms with Crippen molar-refractivity contribution < 1.29 is 9.53 Å². The molecule has 0 fully saturated rings. The molecule has 0 saturated heterocycles. The molecule has 0 radical (unpaired) electrons. The van der Waals surface area contributed by atoms with Crippen molar-refractivity contribution in [3.05, 3.63) is 28.2 Å². The zero-order chi connectivity index (χ0) is 12.1. The molecular weight excluding hydrogens is 272 g/mol. The monoisotopic (exact) mass is 286 g/mol. The van der Waals surface area contributed by atoms with Crippen LogP contribution < -0.4 is 16.2 Å². The summed E-state index contributed by atoms with van der Waals surface area (Å²) in [6, 6.07) is 5.64. The normalized spacial score (nSPS) is 12.2. The number of rotatable bonds is 5. The molecule has 1 atom stereocenters. The highest BCUT2D eigenvalue weighted by atomic mass is 79.9. The molecule has 0 aliphatic carbocycles. The van der Waals surface area contributed by atoms with Gasteiger partial charge in [-0.2, -0.15) is 0 Å². The van der Waals surface area contributed by atoms with E-state index in [1.54, 1.807) is 13.0 Å². The first-order valence-corrected chi connectivity index (χ1v) is 5.78. The summed E-state index contributed by atoms with van der Waals surface area (Å²) < 4.78 is 6.18. The third kappa shape index (κ3) is 3.50. The molecule has 0 heterocycles. The van der Waals surface area contributed by atoms with Crippen LogP contribution in [0.2, 0.25) is 0 Å². The highest BCUT2D eigenvalue weighted by Crippen LogP contribution is 2.27. The number of carbonyl (C=O) groups is 1. The summed E-state index contributed by atoms with van der Waals surface area (Å²) in [5.41, 5.74) is 11.7. The van der Waals surface area contributed by atoms with Crippen molar-refractivity contribution in [2.75, 3.05) is 6.54 Å². The van der Waals surface area contributed by atoms with E-state index in [9.17, 15) is 4.79 Å². The Morgan fingerprint density at radius 3 is 2.75 bits per heavy atom. The fraction of sp³-hybridized carbons (Fsp3) is 0.364. The van der Waals surface area contributed by atoms with Crippen LogP contribution in [0.15, 0.2) is 22.7 Å². The molecule has 5 heteroatoms. The predicted octanol–water partition coefficient (Wildman–Crippen LogP) is 1.20. The second-order valence-corrected chi connectivity index (χ2v) is 4.32. The molecule has 4 nitrogen and oxygen atoms in total. The second kappa shape index (κ2) is 5.86. The van der Waals surface area contributed by atoms with Gasteiger partial charge in [0.1, 0.15) is 5.75 Å². The quantitative estimate of drug-likeness (QED) is 0.854. The van der Waals surface area contributed by atoms with Gasteiger partial charge in [0, 0.05) is 0 Å². The van der Waals surface area contributed by atoms with Crippen molar-refractivity contribution in [3.63, 3.8) is 0 Å². The van der Waals surface area contributed by atoms with Gasteiger partial charge in [-0.15, -0.1) is 0 Å². The molecular formula is C11H15BrN2O2. The first-order valence-electron chi connectivity index (χ1n) is 4.99. The molecule has 0 aromatic heterocycles. The summed E-state index contributed by atoms with van der Waals surface area (Å²) in [5.74, 6) is 0.116. The minimum absolute atomic E-state index is 0.488. The fourth-order valence-electron chi connectivity index (χ4n) is 1.21. The molecule has 1 aromatic rings. The molecule has 16 heavy (non-hydrogen) atoms. The van der Waals surface area contributed by atoms with Crippen LogP contribution in [0.3, 0.4) is 0 Å². The molecule has 1 aromatic carbocycles. The SMILES string of the molecule is CC(Oc1ccc(CCN)cc1Br)C(N)=O. The van der Waals surface area contributed by atoms with E-state index in [1.807, 2.05) is 12.1 Å². The summed E-state index contributed by atoms with van der Waals surface area (Å²) in [5, 5.41) is 0. The van der Waals surface area contributed by atoms with Crippen molar-refractivity contribution in [1.29, 1.82) is 0 Å². The van der Waals surface area contributed by atoms with Crippen molar-refractivity contribution in [1.82, 2.24) is 0 Å². The highest BCUT2D eigenvalue weighted by molar-refractivity contribution is 9.10. The largest absolute Gasteiger partial charge is 0.480 e. The standard InChI is InChI=1S/C11H15BrN2O2/c1-7(11(14)15)16-10-3-2-8(4-5-13)6-9(10)12/h2-3,6-7H,4-5,13H2,1H3,(H2,14,15). The Labute approximate surface area is 103 Å². The van der Waals surface area contributed by atoms with E-state index in [1.165, 1.54) is 0 Å². The maximum Gasteiger partial charge on any atom is 0.258 e. The summed E-state index contributed by atoms with van der Waals surface area (Å²) >= 11 is 3.38. The zero-order valence-corrected chi connectivity index (χ0v) is 10.7. The van der Waals surface area contributed by atoms with E-state index in [0.717, 1.165) is 16.5 Å². The Morgan fingerprint density at radius 2 is 2.25 bits per heavy atom. The van der Waals surface area contributed by atoms with Gasteiger partial charge in [0.05, 0.1) is 4.47 Å². The van der Waals surface area contributed by atoms with E-state index in [2.05, 4.69) is 15.9 Å².